The molecule has 0 fully saturated rings. The minimum atomic E-state index is -2.58. The van der Waals surface area contributed by atoms with Crippen molar-refractivity contribution in [2.45, 2.75) is 119 Å². The SMILES string of the molecule is [2H]C([2H])([2H])c1ccc(-c2ccnc(-c3cc(-c4cccc5c4nc(-c4cc(C(C)C)cc(C(C)C)c4O)n5-c4ccc(-c5c(C(C)C)cccc5C([2H])(C)C)cc4C([2H])([2H])[2H])cc(C(C)(C)C)c3)c2)cc1. The van der Waals surface area contributed by atoms with E-state index in [1.807, 2.05) is 91.2 Å². The van der Waals surface area contributed by atoms with Gasteiger partial charge >= 0.3 is 0 Å². The van der Waals surface area contributed by atoms with Crippen molar-refractivity contribution in [2.24, 2.45) is 0 Å². The molecule has 64 heavy (non-hydrogen) atoms. The molecule has 2 heterocycles. The highest BCUT2D eigenvalue weighted by Crippen LogP contribution is 2.45. The quantitative estimate of drug-likeness (QED) is 0.149. The van der Waals surface area contributed by atoms with E-state index >= 15 is 0 Å². The topological polar surface area (TPSA) is 50.9 Å². The van der Waals surface area contributed by atoms with Crippen LogP contribution in [0.5, 0.6) is 5.75 Å². The van der Waals surface area contributed by atoms with E-state index in [2.05, 4.69) is 92.6 Å². The standard InChI is InChI=1S/C60H65N3O/c1-35(2)44-32-51(38(7)8)58(64)52(33-44)59-62-57-50(45-29-46(31-47(30-45)60(11,12)13)53-34-42(26-27-61-53)41-22-20-39(9)21-23-41)18-15-19-55(57)63(59)54-25-24-43(28-40(54)10)56-48(36(3)4)16-14-17-49(56)37(5)6/h14-38,64H,1-13H3/i9D3,10D3,36D. The van der Waals surface area contributed by atoms with Crippen molar-refractivity contribution < 1.29 is 14.7 Å². The molecule has 0 atom stereocenters. The van der Waals surface area contributed by atoms with E-state index in [4.69, 9.17) is 19.6 Å². The molecule has 0 bridgehead atoms. The maximum Gasteiger partial charge on any atom is 0.149 e. The molecule has 0 unspecified atom stereocenters. The molecule has 0 aliphatic carbocycles. The number of rotatable bonds is 10. The maximum absolute atomic E-state index is 12.3. The molecule has 1 N–H and O–H groups in total. The molecule has 6 aromatic carbocycles. The van der Waals surface area contributed by atoms with Crippen molar-refractivity contribution >= 4 is 11.0 Å². The van der Waals surface area contributed by atoms with Crippen LogP contribution in [0.3, 0.4) is 0 Å². The fourth-order valence-corrected chi connectivity index (χ4v) is 8.85. The number of hydrogen-bond acceptors (Lipinski definition) is 3. The first kappa shape index (κ1) is 36.1. The number of phenolic OH excluding ortho intramolecular Hbond substituents is 1. The van der Waals surface area contributed by atoms with Gasteiger partial charge in [0.2, 0.25) is 0 Å². The van der Waals surface area contributed by atoms with Crippen LogP contribution in [0.1, 0.15) is 148 Å². The molecule has 0 amide bonds. The Balaban J connectivity index is 1.42. The Morgan fingerprint density at radius 1 is 0.609 bits per heavy atom. The molecule has 0 spiro atoms. The number of imidazole rings is 1. The van der Waals surface area contributed by atoms with Gasteiger partial charge in [0.25, 0.3) is 0 Å². The Morgan fingerprint density at radius 3 is 1.98 bits per heavy atom. The molecule has 2 aromatic heterocycles. The summed E-state index contributed by atoms with van der Waals surface area (Å²) in [6.07, 6.45) is 1.77. The van der Waals surface area contributed by atoms with E-state index in [9.17, 15) is 5.11 Å². The molecule has 0 aliphatic heterocycles. The molecule has 0 aliphatic rings. The van der Waals surface area contributed by atoms with Crippen LogP contribution in [-0.4, -0.2) is 19.6 Å². The zero-order valence-corrected chi connectivity index (χ0v) is 39.1. The van der Waals surface area contributed by atoms with Gasteiger partial charge in [-0.2, -0.15) is 0 Å². The zero-order chi connectivity index (χ0) is 51.7. The van der Waals surface area contributed by atoms with Crippen LogP contribution in [0.4, 0.5) is 0 Å². The molecule has 0 saturated carbocycles. The van der Waals surface area contributed by atoms with Gasteiger partial charge in [-0.15, -0.1) is 0 Å². The van der Waals surface area contributed by atoms with E-state index in [1.54, 1.807) is 24.4 Å². The van der Waals surface area contributed by atoms with Crippen molar-refractivity contribution in [2.75, 3.05) is 0 Å². The number of pyridine rings is 1. The number of aromatic nitrogens is 3. The molecule has 326 valence electrons. The molecule has 4 heteroatoms. The normalized spacial score (nSPS) is 14.3. The van der Waals surface area contributed by atoms with Crippen LogP contribution >= 0.6 is 0 Å². The van der Waals surface area contributed by atoms with Crippen molar-refractivity contribution in [1.29, 1.82) is 0 Å². The smallest absolute Gasteiger partial charge is 0.149 e. The van der Waals surface area contributed by atoms with Gasteiger partial charge in [0.05, 0.1) is 28.0 Å². The summed E-state index contributed by atoms with van der Waals surface area (Å²) in [7, 11) is 0. The van der Waals surface area contributed by atoms with Crippen LogP contribution in [0, 0.1) is 13.7 Å². The Kier molecular flexibility index (Phi) is 9.80. The second-order valence-corrected chi connectivity index (χ2v) is 19.5. The Bertz CT molecular complexity index is 3290. The Hall–Kier alpha value is -6.26. The van der Waals surface area contributed by atoms with Gasteiger partial charge in [-0.1, -0.05) is 155 Å². The predicted molar refractivity (Wildman–Crippen MR) is 272 cm³/mol. The minimum Gasteiger partial charge on any atom is -0.507 e. The predicted octanol–water partition coefficient (Wildman–Crippen LogP) is 16.9. The van der Waals surface area contributed by atoms with Gasteiger partial charge in [-0.25, -0.2) is 4.98 Å². The van der Waals surface area contributed by atoms with Crippen LogP contribution in [-0.2, 0) is 5.41 Å². The Morgan fingerprint density at radius 2 is 1.31 bits per heavy atom. The second-order valence-electron chi connectivity index (χ2n) is 19.5. The largest absolute Gasteiger partial charge is 0.507 e. The third-order valence-electron chi connectivity index (χ3n) is 12.5. The first-order valence-corrected chi connectivity index (χ1v) is 22.5. The molecule has 4 nitrogen and oxygen atoms in total. The van der Waals surface area contributed by atoms with Crippen molar-refractivity contribution in [3.8, 4) is 67.5 Å². The summed E-state index contributed by atoms with van der Waals surface area (Å²) >= 11 is 0. The second kappa shape index (κ2) is 17.4. The first-order valence-electron chi connectivity index (χ1n) is 26.0. The van der Waals surface area contributed by atoms with Crippen LogP contribution < -0.4 is 0 Å². The highest BCUT2D eigenvalue weighted by molar-refractivity contribution is 5.97. The van der Waals surface area contributed by atoms with Crippen LogP contribution in [0.25, 0.3) is 72.7 Å². The summed E-state index contributed by atoms with van der Waals surface area (Å²) in [4.78, 5) is 10.4. The molecule has 0 radical (unpaired) electrons. The number of nitrogens with zero attached hydrogens (tertiary/aromatic N) is 3. The lowest BCUT2D eigenvalue weighted by atomic mass is 9.83. The lowest BCUT2D eigenvalue weighted by Crippen LogP contribution is -2.11. The molecule has 8 rings (SSSR count). The monoisotopic (exact) mass is 851 g/mol. The van der Waals surface area contributed by atoms with Crippen molar-refractivity contribution in [3.63, 3.8) is 0 Å². The van der Waals surface area contributed by atoms with Gasteiger partial charge < -0.3 is 5.11 Å². The van der Waals surface area contributed by atoms with Crippen LogP contribution in [0.2, 0.25) is 0 Å². The van der Waals surface area contributed by atoms with Gasteiger partial charge in [-0.05, 0) is 152 Å². The summed E-state index contributed by atoms with van der Waals surface area (Å²) < 4.78 is 62.1. The number of benzene rings is 6. The molecule has 8 aromatic rings. The van der Waals surface area contributed by atoms with E-state index in [0.717, 1.165) is 72.5 Å². The van der Waals surface area contributed by atoms with E-state index < -0.39 is 19.6 Å². The molecular formula is C60H65N3O. The van der Waals surface area contributed by atoms with Gasteiger partial charge in [0.1, 0.15) is 11.6 Å². The summed E-state index contributed by atoms with van der Waals surface area (Å²) in [5.41, 5.74) is 13.7. The van der Waals surface area contributed by atoms with E-state index in [1.165, 1.54) is 0 Å². The first-order chi connectivity index (χ1) is 33.1. The number of aromatic hydroxyl groups is 1. The van der Waals surface area contributed by atoms with Gasteiger partial charge in [0, 0.05) is 26.9 Å². The molecular weight excluding hydrogens is 779 g/mol. The average molecular weight is 851 g/mol. The fraction of sp³-hybridized carbons (Fsp3) is 0.300. The lowest BCUT2D eigenvalue weighted by Gasteiger charge is -2.22. The number of phenols is 1. The van der Waals surface area contributed by atoms with Crippen LogP contribution in [0.15, 0.2) is 128 Å². The van der Waals surface area contributed by atoms with Gasteiger partial charge in [-0.3, -0.25) is 9.55 Å². The number of para-hydroxylation sites is 1. The van der Waals surface area contributed by atoms with Crippen molar-refractivity contribution in [1.82, 2.24) is 14.5 Å². The molecule has 0 saturated heterocycles. The summed E-state index contributed by atoms with van der Waals surface area (Å²) in [5.74, 6) is -0.249. The maximum atomic E-state index is 12.3. The fourth-order valence-electron chi connectivity index (χ4n) is 8.85. The highest BCUT2D eigenvalue weighted by Gasteiger charge is 2.26. The van der Waals surface area contributed by atoms with E-state index in [-0.39, 0.29) is 40.0 Å². The summed E-state index contributed by atoms with van der Waals surface area (Å²) in [6.45, 7) is 18.0. The number of hydrogen-bond donors (Lipinski definition) is 1. The average Bonchev–Trinajstić information content (AvgIpc) is 3.69. The number of fused-ring (bicyclic) bond motifs is 1. The third kappa shape index (κ3) is 8.43. The Labute approximate surface area is 392 Å². The summed E-state index contributed by atoms with van der Waals surface area (Å²) in [5, 5.41) is 12.3. The van der Waals surface area contributed by atoms with Gasteiger partial charge in [0.15, 0.2) is 0 Å². The zero-order valence-electron chi connectivity index (χ0n) is 46.1. The van der Waals surface area contributed by atoms with E-state index in [0.29, 0.717) is 28.1 Å². The number of aryl methyl sites for hydroxylation is 2. The lowest BCUT2D eigenvalue weighted by molar-refractivity contribution is 0.466. The highest BCUT2D eigenvalue weighted by atomic mass is 16.3. The minimum absolute atomic E-state index is 0.0196. The summed E-state index contributed by atoms with van der Waals surface area (Å²) in [6, 6.07) is 39.0. The van der Waals surface area contributed by atoms with Crippen molar-refractivity contribution in [3.05, 3.63) is 166 Å². The third-order valence-corrected chi connectivity index (χ3v) is 12.5.